The predicted molar refractivity (Wildman–Crippen MR) is 108 cm³/mol. The first kappa shape index (κ1) is 18.9. The molecule has 128 valence electrons. The fourth-order valence-electron chi connectivity index (χ4n) is 2.33. The average Bonchev–Trinajstić information content (AvgIpc) is 2.56. The van der Waals surface area contributed by atoms with Crippen molar-refractivity contribution in [2.75, 3.05) is 18.1 Å². The first-order valence-corrected chi connectivity index (χ1v) is 10.5. The summed E-state index contributed by atoms with van der Waals surface area (Å²) in [6, 6.07) is 16.9. The highest BCUT2D eigenvalue weighted by atomic mass is 32.2. The maximum absolute atomic E-state index is 11.8. The van der Waals surface area contributed by atoms with E-state index in [1.165, 1.54) is 22.3 Å². The molecule has 0 aromatic heterocycles. The van der Waals surface area contributed by atoms with Gasteiger partial charge in [0.2, 0.25) is 5.91 Å². The minimum absolute atomic E-state index is 0.129. The molecule has 24 heavy (non-hydrogen) atoms. The van der Waals surface area contributed by atoms with Crippen molar-refractivity contribution in [1.29, 1.82) is 0 Å². The van der Waals surface area contributed by atoms with E-state index in [0.717, 1.165) is 23.8 Å². The van der Waals surface area contributed by atoms with Crippen LogP contribution in [0.3, 0.4) is 0 Å². The number of nitrogens with one attached hydrogen (secondary N) is 1. The van der Waals surface area contributed by atoms with E-state index in [4.69, 9.17) is 0 Å². The molecule has 0 aliphatic heterocycles. The summed E-state index contributed by atoms with van der Waals surface area (Å²) in [5.74, 6) is 3.49. The summed E-state index contributed by atoms with van der Waals surface area (Å²) in [5, 5.41) is 3.00. The molecule has 0 fully saturated rings. The molecule has 4 heteroatoms. The lowest BCUT2D eigenvalue weighted by molar-refractivity contribution is -0.118. The van der Waals surface area contributed by atoms with Gasteiger partial charge in [-0.2, -0.15) is 11.8 Å². The fraction of sp³-hybridized carbons (Fsp3) is 0.350. The van der Waals surface area contributed by atoms with Gasteiger partial charge in [-0.15, -0.1) is 11.8 Å². The molecule has 0 radical (unpaired) electrons. The van der Waals surface area contributed by atoms with Crippen molar-refractivity contribution >= 4 is 29.4 Å². The maximum Gasteiger partial charge on any atom is 0.230 e. The summed E-state index contributed by atoms with van der Waals surface area (Å²) < 4.78 is 0. The Morgan fingerprint density at radius 2 is 1.83 bits per heavy atom. The van der Waals surface area contributed by atoms with Crippen LogP contribution in [0.15, 0.2) is 48.5 Å². The van der Waals surface area contributed by atoms with E-state index < -0.39 is 0 Å². The second-order valence-corrected chi connectivity index (χ2v) is 7.90. The van der Waals surface area contributed by atoms with Crippen molar-refractivity contribution in [1.82, 2.24) is 5.32 Å². The molecule has 0 bridgehead atoms. The molecule has 2 aromatic rings. The van der Waals surface area contributed by atoms with E-state index in [2.05, 4.69) is 67.7 Å². The van der Waals surface area contributed by atoms with Crippen molar-refractivity contribution in [2.24, 2.45) is 0 Å². The topological polar surface area (TPSA) is 29.1 Å². The normalized spacial score (nSPS) is 10.6. The Labute approximate surface area is 153 Å². The number of hydrogen-bond acceptors (Lipinski definition) is 3. The number of rotatable bonds is 9. The van der Waals surface area contributed by atoms with E-state index in [1.807, 2.05) is 11.8 Å². The summed E-state index contributed by atoms with van der Waals surface area (Å²) in [5.41, 5.74) is 5.26. The largest absolute Gasteiger partial charge is 0.355 e. The van der Waals surface area contributed by atoms with Crippen molar-refractivity contribution in [3.8, 4) is 0 Å². The lowest BCUT2D eigenvalue weighted by Crippen LogP contribution is -2.27. The first-order chi connectivity index (χ1) is 11.6. The molecule has 0 saturated heterocycles. The quantitative estimate of drug-likeness (QED) is 0.664. The zero-order valence-electron chi connectivity index (χ0n) is 14.4. The molecule has 2 nitrogen and oxygen atoms in total. The van der Waals surface area contributed by atoms with Gasteiger partial charge in [-0.1, -0.05) is 54.1 Å². The smallest absolute Gasteiger partial charge is 0.230 e. The van der Waals surface area contributed by atoms with Gasteiger partial charge in [-0.3, -0.25) is 4.79 Å². The minimum atomic E-state index is 0.129. The summed E-state index contributed by atoms with van der Waals surface area (Å²) in [6.45, 7) is 4.97. The molecule has 0 heterocycles. The van der Waals surface area contributed by atoms with Crippen LogP contribution in [0.5, 0.6) is 0 Å². The fourth-order valence-corrected chi connectivity index (χ4v) is 4.07. The average molecular weight is 360 g/mol. The highest BCUT2D eigenvalue weighted by Crippen LogP contribution is 2.15. The second kappa shape index (κ2) is 10.5. The second-order valence-electron chi connectivity index (χ2n) is 5.81. The third-order valence-corrected chi connectivity index (χ3v) is 5.68. The van der Waals surface area contributed by atoms with E-state index in [-0.39, 0.29) is 5.91 Å². The van der Waals surface area contributed by atoms with Crippen molar-refractivity contribution in [3.05, 3.63) is 70.8 Å². The molecule has 0 aliphatic carbocycles. The lowest BCUT2D eigenvalue weighted by atomic mass is 10.1. The van der Waals surface area contributed by atoms with E-state index in [1.54, 1.807) is 11.8 Å². The number of carbonyl (C=O) groups excluding carboxylic acids is 1. The van der Waals surface area contributed by atoms with Gasteiger partial charge in [0.15, 0.2) is 0 Å². The number of hydrogen-bond donors (Lipinski definition) is 1. The molecule has 0 atom stereocenters. The standard InChI is InChI=1S/C20H25NOS2/c1-16-6-5-8-18(12-16)13-24-15-20(22)21-10-11-23-14-19-9-4-3-7-17(19)2/h3-9,12H,10-11,13-15H2,1-2H3,(H,21,22). The first-order valence-electron chi connectivity index (χ1n) is 8.17. The van der Waals surface area contributed by atoms with Crippen LogP contribution >= 0.6 is 23.5 Å². The Balaban J connectivity index is 1.54. The summed E-state index contributed by atoms with van der Waals surface area (Å²) in [7, 11) is 0. The summed E-state index contributed by atoms with van der Waals surface area (Å²) in [4.78, 5) is 11.8. The summed E-state index contributed by atoms with van der Waals surface area (Å²) in [6.07, 6.45) is 0. The Kier molecular flexibility index (Phi) is 8.26. The van der Waals surface area contributed by atoms with Crippen LogP contribution in [0, 0.1) is 13.8 Å². The van der Waals surface area contributed by atoms with Gasteiger partial charge in [0.1, 0.15) is 0 Å². The molecular weight excluding hydrogens is 334 g/mol. The molecule has 0 unspecified atom stereocenters. The molecule has 0 aliphatic rings. The van der Waals surface area contributed by atoms with Crippen LogP contribution in [0.4, 0.5) is 0 Å². The summed E-state index contributed by atoms with van der Waals surface area (Å²) >= 11 is 3.53. The monoisotopic (exact) mass is 359 g/mol. The van der Waals surface area contributed by atoms with Gasteiger partial charge in [0.25, 0.3) is 0 Å². The number of amides is 1. The van der Waals surface area contributed by atoms with Crippen molar-refractivity contribution in [2.45, 2.75) is 25.4 Å². The van der Waals surface area contributed by atoms with Crippen molar-refractivity contribution in [3.63, 3.8) is 0 Å². The highest BCUT2D eigenvalue weighted by molar-refractivity contribution is 7.99. The Morgan fingerprint density at radius 1 is 1.00 bits per heavy atom. The number of carbonyl (C=O) groups is 1. The van der Waals surface area contributed by atoms with Gasteiger partial charge in [-0.25, -0.2) is 0 Å². The van der Waals surface area contributed by atoms with Gasteiger partial charge in [0.05, 0.1) is 5.75 Å². The van der Waals surface area contributed by atoms with Crippen LogP contribution in [0.2, 0.25) is 0 Å². The van der Waals surface area contributed by atoms with Gasteiger partial charge >= 0.3 is 0 Å². The molecule has 2 rings (SSSR count). The van der Waals surface area contributed by atoms with Crippen LogP contribution in [-0.4, -0.2) is 24.0 Å². The molecular formula is C20H25NOS2. The molecule has 0 spiro atoms. The predicted octanol–water partition coefficient (Wildman–Crippen LogP) is 4.59. The van der Waals surface area contributed by atoms with Crippen LogP contribution in [0.1, 0.15) is 22.3 Å². The molecule has 2 aromatic carbocycles. The van der Waals surface area contributed by atoms with Crippen LogP contribution in [-0.2, 0) is 16.3 Å². The van der Waals surface area contributed by atoms with E-state index >= 15 is 0 Å². The Hall–Kier alpha value is -1.39. The number of aryl methyl sites for hydroxylation is 2. The van der Waals surface area contributed by atoms with Gasteiger partial charge in [-0.05, 0) is 30.5 Å². The van der Waals surface area contributed by atoms with E-state index in [9.17, 15) is 4.79 Å². The zero-order chi connectivity index (χ0) is 17.2. The maximum atomic E-state index is 11.8. The van der Waals surface area contributed by atoms with Gasteiger partial charge in [0, 0.05) is 23.8 Å². The van der Waals surface area contributed by atoms with Crippen molar-refractivity contribution < 1.29 is 4.79 Å². The molecule has 1 amide bonds. The zero-order valence-corrected chi connectivity index (χ0v) is 16.0. The van der Waals surface area contributed by atoms with Crippen LogP contribution < -0.4 is 5.32 Å². The highest BCUT2D eigenvalue weighted by Gasteiger charge is 2.02. The molecule has 1 N–H and O–H groups in total. The Bertz CT molecular complexity index is 658. The third-order valence-electron chi connectivity index (χ3n) is 3.67. The minimum Gasteiger partial charge on any atom is -0.355 e. The van der Waals surface area contributed by atoms with Crippen LogP contribution in [0.25, 0.3) is 0 Å². The number of thioether (sulfide) groups is 2. The van der Waals surface area contributed by atoms with Gasteiger partial charge < -0.3 is 5.32 Å². The van der Waals surface area contributed by atoms with E-state index in [0.29, 0.717) is 5.75 Å². The number of benzene rings is 2. The molecule has 0 saturated carbocycles. The lowest BCUT2D eigenvalue weighted by Gasteiger charge is -2.07. The third kappa shape index (κ3) is 7.02. The SMILES string of the molecule is Cc1cccc(CSCC(=O)NCCSCc2ccccc2C)c1. The Morgan fingerprint density at radius 3 is 2.62 bits per heavy atom.